The Balaban J connectivity index is 0.000000457. The summed E-state index contributed by atoms with van der Waals surface area (Å²) in [5, 5.41) is 8.87. The summed E-state index contributed by atoms with van der Waals surface area (Å²) in [5.41, 5.74) is 4.50. The number of hydrogen-bond donors (Lipinski definition) is 2. The molecule has 3 rings (SSSR count). The Morgan fingerprint density at radius 3 is 2.19 bits per heavy atom. The van der Waals surface area contributed by atoms with Crippen molar-refractivity contribution >= 4 is 5.97 Å². The lowest BCUT2D eigenvalue weighted by Gasteiger charge is -2.59. The van der Waals surface area contributed by atoms with Crippen LogP contribution in [-0.2, 0) is 4.79 Å². The molecule has 0 amide bonds. The minimum atomic E-state index is -0.582. The quantitative estimate of drug-likeness (QED) is 0.756. The Bertz CT molecular complexity index is 251. The van der Waals surface area contributed by atoms with Crippen LogP contribution in [0.25, 0.3) is 0 Å². The maximum Gasteiger partial charge on any atom is 0.303 e. The zero-order valence-corrected chi connectivity index (χ0v) is 10.1. The van der Waals surface area contributed by atoms with Gasteiger partial charge in [-0.2, -0.15) is 0 Å². The topological polar surface area (TPSA) is 63.3 Å². The second-order valence-electron chi connectivity index (χ2n) is 5.51. The molecule has 0 aromatic rings. The normalized spacial score (nSPS) is 43.8. The Labute approximate surface area is 97.4 Å². The molecule has 5 atom stereocenters. The Hall–Kier alpha value is -0.570. The van der Waals surface area contributed by atoms with E-state index in [-0.39, 0.29) is 0 Å². The van der Waals surface area contributed by atoms with Crippen molar-refractivity contribution in [3.8, 4) is 0 Å². The van der Waals surface area contributed by atoms with Gasteiger partial charge >= 0.3 is 5.97 Å². The zero-order valence-electron chi connectivity index (χ0n) is 10.1. The van der Waals surface area contributed by atoms with E-state index in [2.05, 4.69) is 5.73 Å². The highest BCUT2D eigenvalue weighted by molar-refractivity contribution is 5.67. The molecule has 3 nitrogen and oxygen atoms in total. The number of aliphatic carboxylic acids is 1. The van der Waals surface area contributed by atoms with Gasteiger partial charge in [0, 0.05) is 6.42 Å². The predicted molar refractivity (Wildman–Crippen MR) is 62.9 cm³/mol. The number of carboxylic acids is 1. The van der Waals surface area contributed by atoms with Crippen molar-refractivity contribution < 1.29 is 9.90 Å². The molecule has 3 aliphatic carbocycles. The van der Waals surface area contributed by atoms with E-state index in [0.717, 1.165) is 23.7 Å². The molecule has 0 heterocycles. The third-order valence-corrected chi connectivity index (χ3v) is 5.03. The molecule has 3 unspecified atom stereocenters. The minimum absolute atomic E-state index is 0.441. The number of rotatable bonds is 2. The maximum atomic E-state index is 10.8. The van der Waals surface area contributed by atoms with E-state index in [1.54, 1.807) is 0 Å². The van der Waals surface area contributed by atoms with Gasteiger partial charge in [-0.1, -0.05) is 12.8 Å². The standard InChI is InChI=1S/C12H18O2.CH5N/c13-12(14)6-11-8-3-1-7-2-4-9(11)10(8)5-7;1-2/h7-11H,1-6H2,(H,13,14);2H2,1H3/t7?,8-,9+,10?,11?;. The summed E-state index contributed by atoms with van der Waals surface area (Å²) in [4.78, 5) is 10.8. The van der Waals surface area contributed by atoms with Crippen molar-refractivity contribution in [2.75, 3.05) is 7.05 Å². The fraction of sp³-hybridized carbons (Fsp3) is 0.923. The fourth-order valence-corrected chi connectivity index (χ4v) is 4.46. The molecule has 3 N–H and O–H groups in total. The van der Waals surface area contributed by atoms with Crippen LogP contribution in [0.3, 0.4) is 0 Å². The van der Waals surface area contributed by atoms with Crippen LogP contribution in [0.1, 0.15) is 38.5 Å². The molecule has 2 bridgehead atoms. The van der Waals surface area contributed by atoms with Gasteiger partial charge < -0.3 is 10.8 Å². The lowest BCUT2D eigenvalue weighted by atomic mass is 9.45. The van der Waals surface area contributed by atoms with Crippen molar-refractivity contribution in [2.24, 2.45) is 35.3 Å². The van der Waals surface area contributed by atoms with Gasteiger partial charge in [0.1, 0.15) is 0 Å². The second kappa shape index (κ2) is 4.74. The van der Waals surface area contributed by atoms with Gasteiger partial charge in [-0.15, -0.1) is 0 Å². The van der Waals surface area contributed by atoms with Crippen LogP contribution in [0.5, 0.6) is 0 Å². The average molecular weight is 225 g/mol. The van der Waals surface area contributed by atoms with Crippen LogP contribution in [0.15, 0.2) is 0 Å². The number of nitrogens with two attached hydrogens (primary N) is 1. The first-order valence-electron chi connectivity index (χ1n) is 6.55. The summed E-state index contributed by atoms with van der Waals surface area (Å²) in [5.74, 6) is 3.45. The summed E-state index contributed by atoms with van der Waals surface area (Å²) in [6.45, 7) is 0. The highest BCUT2D eigenvalue weighted by Gasteiger charge is 2.54. The first-order chi connectivity index (χ1) is 7.75. The Morgan fingerprint density at radius 1 is 1.12 bits per heavy atom. The lowest BCUT2D eigenvalue weighted by Crippen LogP contribution is -2.53. The van der Waals surface area contributed by atoms with E-state index >= 15 is 0 Å². The van der Waals surface area contributed by atoms with Gasteiger partial charge in [-0.25, -0.2) is 0 Å². The average Bonchev–Trinajstić information content (AvgIpc) is 2.27. The van der Waals surface area contributed by atoms with Gasteiger partial charge in [0.05, 0.1) is 0 Å². The molecule has 0 aliphatic heterocycles. The second-order valence-corrected chi connectivity index (χ2v) is 5.51. The summed E-state index contributed by atoms with van der Waals surface area (Å²) in [7, 11) is 1.50. The van der Waals surface area contributed by atoms with Gasteiger partial charge in [-0.05, 0) is 55.9 Å². The summed E-state index contributed by atoms with van der Waals surface area (Å²) in [6.07, 6.45) is 7.27. The highest BCUT2D eigenvalue weighted by atomic mass is 16.4. The summed E-state index contributed by atoms with van der Waals surface area (Å²) < 4.78 is 0. The van der Waals surface area contributed by atoms with Crippen molar-refractivity contribution in [1.29, 1.82) is 0 Å². The van der Waals surface area contributed by atoms with E-state index < -0.39 is 5.97 Å². The van der Waals surface area contributed by atoms with Gasteiger partial charge in [0.2, 0.25) is 0 Å². The van der Waals surface area contributed by atoms with E-state index in [9.17, 15) is 4.79 Å². The van der Waals surface area contributed by atoms with Crippen LogP contribution in [0.2, 0.25) is 0 Å². The smallest absolute Gasteiger partial charge is 0.303 e. The number of carboxylic acid groups (broad SMARTS) is 1. The molecule has 0 aromatic heterocycles. The van der Waals surface area contributed by atoms with Crippen molar-refractivity contribution in [3.05, 3.63) is 0 Å². The molecular formula is C13H23NO2. The van der Waals surface area contributed by atoms with Crippen molar-refractivity contribution in [2.45, 2.75) is 38.5 Å². The van der Waals surface area contributed by atoms with Gasteiger partial charge in [0.25, 0.3) is 0 Å². The monoisotopic (exact) mass is 225 g/mol. The summed E-state index contributed by atoms with van der Waals surface area (Å²) in [6, 6.07) is 0. The first-order valence-corrected chi connectivity index (χ1v) is 6.55. The predicted octanol–water partition coefficient (Wildman–Crippen LogP) is 2.11. The third-order valence-electron chi connectivity index (χ3n) is 5.03. The van der Waals surface area contributed by atoms with Gasteiger partial charge in [0.15, 0.2) is 0 Å². The molecule has 3 fully saturated rings. The Morgan fingerprint density at radius 2 is 1.69 bits per heavy atom. The van der Waals surface area contributed by atoms with E-state index in [4.69, 9.17) is 5.11 Å². The molecule has 3 saturated carbocycles. The van der Waals surface area contributed by atoms with Crippen LogP contribution in [0.4, 0.5) is 0 Å². The molecule has 3 aliphatic rings. The van der Waals surface area contributed by atoms with E-state index in [1.165, 1.54) is 39.2 Å². The third kappa shape index (κ3) is 1.86. The number of hydrogen-bond acceptors (Lipinski definition) is 2. The van der Waals surface area contributed by atoms with Crippen molar-refractivity contribution in [3.63, 3.8) is 0 Å². The van der Waals surface area contributed by atoms with Gasteiger partial charge in [-0.3, -0.25) is 4.79 Å². The van der Waals surface area contributed by atoms with Crippen LogP contribution in [-0.4, -0.2) is 18.1 Å². The van der Waals surface area contributed by atoms with Crippen molar-refractivity contribution in [1.82, 2.24) is 0 Å². The molecule has 92 valence electrons. The number of carbonyl (C=O) groups is 1. The fourth-order valence-electron chi connectivity index (χ4n) is 4.46. The molecule has 3 heteroatoms. The lowest BCUT2D eigenvalue weighted by molar-refractivity contribution is -0.150. The van der Waals surface area contributed by atoms with Crippen LogP contribution < -0.4 is 5.73 Å². The molecule has 0 spiro atoms. The Kier molecular flexibility index (Phi) is 3.53. The van der Waals surface area contributed by atoms with E-state index in [0.29, 0.717) is 12.3 Å². The highest BCUT2D eigenvalue weighted by Crippen LogP contribution is 2.61. The van der Waals surface area contributed by atoms with Crippen LogP contribution >= 0.6 is 0 Å². The molecule has 0 aromatic carbocycles. The molecule has 0 saturated heterocycles. The summed E-state index contributed by atoms with van der Waals surface area (Å²) >= 11 is 0. The molecular weight excluding hydrogens is 202 g/mol. The largest absolute Gasteiger partial charge is 0.481 e. The SMILES string of the molecule is CN.O=C(O)CC1[C@H]2CCC3CC[C@@H]1C2C3. The molecule has 0 radical (unpaired) electrons. The minimum Gasteiger partial charge on any atom is -0.481 e. The maximum absolute atomic E-state index is 10.8. The molecule has 16 heavy (non-hydrogen) atoms. The first kappa shape index (κ1) is 11.9. The zero-order chi connectivity index (χ0) is 11.7. The number of fused-ring (bicyclic) bond motifs is 1. The van der Waals surface area contributed by atoms with E-state index in [1.807, 2.05) is 0 Å². The van der Waals surface area contributed by atoms with Crippen LogP contribution in [0, 0.1) is 29.6 Å².